The number of hydrogen-bond donors (Lipinski definition) is 1. The van der Waals surface area contributed by atoms with E-state index in [-0.39, 0.29) is 5.91 Å². The molecule has 1 fully saturated rings. The summed E-state index contributed by atoms with van der Waals surface area (Å²) < 4.78 is 0. The number of anilines is 1. The first-order chi connectivity index (χ1) is 10.1. The van der Waals surface area contributed by atoms with Gasteiger partial charge in [-0.15, -0.1) is 11.8 Å². The smallest absolute Gasteiger partial charge is 0.233 e. The van der Waals surface area contributed by atoms with Crippen LogP contribution in [0.4, 0.5) is 5.69 Å². The number of benzene rings is 1. The van der Waals surface area contributed by atoms with Gasteiger partial charge in [0.1, 0.15) is 0 Å². The van der Waals surface area contributed by atoms with E-state index in [9.17, 15) is 4.79 Å². The van der Waals surface area contributed by atoms with Gasteiger partial charge in [0.2, 0.25) is 5.91 Å². The topological polar surface area (TPSA) is 46.3 Å². The van der Waals surface area contributed by atoms with Gasteiger partial charge in [0.15, 0.2) is 0 Å². The SMILES string of the molecule is CCN(C(=O)CSc1cc(Cl)ccc1N)C1CCCCC1. The summed E-state index contributed by atoms with van der Waals surface area (Å²) in [5.41, 5.74) is 6.60. The van der Waals surface area contributed by atoms with Crippen molar-refractivity contribution in [2.45, 2.75) is 50.0 Å². The van der Waals surface area contributed by atoms with Crippen molar-refractivity contribution in [3.8, 4) is 0 Å². The second-order valence-corrected chi connectivity index (χ2v) is 6.90. The van der Waals surface area contributed by atoms with E-state index in [2.05, 4.69) is 6.92 Å². The molecular weight excluding hydrogens is 304 g/mol. The molecule has 1 amide bonds. The molecule has 0 aliphatic heterocycles. The molecule has 0 unspecified atom stereocenters. The minimum Gasteiger partial charge on any atom is -0.398 e. The van der Waals surface area contributed by atoms with Crippen molar-refractivity contribution in [1.82, 2.24) is 4.90 Å². The first kappa shape index (κ1) is 16.5. The predicted octanol–water partition coefficient (Wildman–Crippen LogP) is 4.20. The molecule has 21 heavy (non-hydrogen) atoms. The molecule has 2 rings (SSSR count). The highest BCUT2D eigenvalue weighted by Gasteiger charge is 2.24. The number of halogens is 1. The molecule has 0 heterocycles. The highest BCUT2D eigenvalue weighted by molar-refractivity contribution is 8.00. The van der Waals surface area contributed by atoms with Crippen molar-refractivity contribution in [1.29, 1.82) is 0 Å². The Morgan fingerprint density at radius 3 is 2.76 bits per heavy atom. The van der Waals surface area contributed by atoms with Gasteiger partial charge < -0.3 is 10.6 Å². The first-order valence-electron chi connectivity index (χ1n) is 7.59. The third-order valence-corrected chi connectivity index (χ3v) is 5.29. The molecular formula is C16H23ClN2OS. The average molecular weight is 327 g/mol. The Kier molecular flexibility index (Phi) is 6.24. The van der Waals surface area contributed by atoms with Crippen molar-refractivity contribution in [2.24, 2.45) is 0 Å². The Balaban J connectivity index is 1.94. The Bertz CT molecular complexity index is 489. The van der Waals surface area contributed by atoms with Crippen LogP contribution in [0.3, 0.4) is 0 Å². The number of thioether (sulfide) groups is 1. The molecule has 1 aliphatic carbocycles. The summed E-state index contributed by atoms with van der Waals surface area (Å²) in [5.74, 6) is 0.628. The standard InChI is InChI=1S/C16H23ClN2OS/c1-2-19(13-6-4-3-5-7-13)16(20)11-21-15-10-12(17)8-9-14(15)18/h8-10,13H,2-7,11,18H2,1H3. The zero-order chi connectivity index (χ0) is 15.2. The minimum atomic E-state index is 0.203. The number of nitrogen functional groups attached to an aromatic ring is 1. The van der Waals surface area contributed by atoms with E-state index in [1.807, 2.05) is 11.0 Å². The van der Waals surface area contributed by atoms with Crippen LogP contribution in [0.15, 0.2) is 23.1 Å². The summed E-state index contributed by atoms with van der Waals surface area (Å²) in [5, 5.41) is 0.652. The fourth-order valence-corrected chi connectivity index (χ4v) is 4.01. The maximum Gasteiger partial charge on any atom is 0.233 e. The van der Waals surface area contributed by atoms with Crippen LogP contribution in [0.25, 0.3) is 0 Å². The number of hydrogen-bond acceptors (Lipinski definition) is 3. The summed E-state index contributed by atoms with van der Waals surface area (Å²) >= 11 is 7.46. The lowest BCUT2D eigenvalue weighted by atomic mass is 9.94. The number of carbonyl (C=O) groups is 1. The van der Waals surface area contributed by atoms with Gasteiger partial charge in [-0.3, -0.25) is 4.79 Å². The van der Waals surface area contributed by atoms with Crippen LogP contribution in [-0.2, 0) is 4.79 Å². The molecule has 1 aromatic carbocycles. The van der Waals surface area contributed by atoms with E-state index in [1.165, 1.54) is 31.0 Å². The molecule has 0 spiro atoms. The molecule has 0 aromatic heterocycles. The fourth-order valence-electron chi connectivity index (χ4n) is 2.89. The molecule has 1 aliphatic rings. The van der Waals surface area contributed by atoms with E-state index >= 15 is 0 Å². The third kappa shape index (κ3) is 4.55. The molecule has 0 radical (unpaired) electrons. The Morgan fingerprint density at radius 2 is 2.10 bits per heavy atom. The van der Waals surface area contributed by atoms with E-state index in [0.29, 0.717) is 22.5 Å². The Hall–Kier alpha value is -0.870. The number of amides is 1. The third-order valence-electron chi connectivity index (χ3n) is 4.00. The van der Waals surface area contributed by atoms with Gasteiger partial charge in [-0.05, 0) is 38.0 Å². The fraction of sp³-hybridized carbons (Fsp3) is 0.562. The highest BCUT2D eigenvalue weighted by Crippen LogP contribution is 2.29. The molecule has 1 aromatic rings. The van der Waals surface area contributed by atoms with Gasteiger partial charge in [0.05, 0.1) is 5.75 Å². The van der Waals surface area contributed by atoms with Gasteiger partial charge in [-0.25, -0.2) is 0 Å². The van der Waals surface area contributed by atoms with E-state index in [4.69, 9.17) is 17.3 Å². The van der Waals surface area contributed by atoms with Gasteiger partial charge in [-0.2, -0.15) is 0 Å². The average Bonchev–Trinajstić information content (AvgIpc) is 2.50. The van der Waals surface area contributed by atoms with Crippen LogP contribution >= 0.6 is 23.4 Å². The molecule has 116 valence electrons. The molecule has 3 nitrogen and oxygen atoms in total. The second-order valence-electron chi connectivity index (χ2n) is 5.44. The van der Waals surface area contributed by atoms with Crippen LogP contribution in [0.2, 0.25) is 5.02 Å². The van der Waals surface area contributed by atoms with Crippen LogP contribution < -0.4 is 5.73 Å². The van der Waals surface area contributed by atoms with Gasteiger partial charge in [-0.1, -0.05) is 30.9 Å². The quantitative estimate of drug-likeness (QED) is 0.651. The predicted molar refractivity (Wildman–Crippen MR) is 90.8 cm³/mol. The molecule has 2 N–H and O–H groups in total. The molecule has 0 atom stereocenters. The molecule has 0 bridgehead atoms. The lowest BCUT2D eigenvalue weighted by Gasteiger charge is -2.33. The number of rotatable bonds is 5. The Labute approximate surface area is 136 Å². The lowest BCUT2D eigenvalue weighted by molar-refractivity contribution is -0.131. The van der Waals surface area contributed by atoms with Gasteiger partial charge >= 0.3 is 0 Å². The summed E-state index contributed by atoms with van der Waals surface area (Å²) in [6.07, 6.45) is 6.06. The van der Waals surface area contributed by atoms with E-state index in [0.717, 1.165) is 24.3 Å². The number of nitrogens with zero attached hydrogens (tertiary/aromatic N) is 1. The van der Waals surface area contributed by atoms with E-state index in [1.54, 1.807) is 12.1 Å². The van der Waals surface area contributed by atoms with Crippen molar-refractivity contribution >= 4 is 35.0 Å². The van der Waals surface area contributed by atoms with Crippen molar-refractivity contribution < 1.29 is 4.79 Å². The zero-order valence-electron chi connectivity index (χ0n) is 12.5. The summed E-state index contributed by atoms with van der Waals surface area (Å²) in [6, 6.07) is 5.80. The number of nitrogens with two attached hydrogens (primary N) is 1. The zero-order valence-corrected chi connectivity index (χ0v) is 14.1. The normalized spacial score (nSPS) is 15.9. The maximum atomic E-state index is 12.5. The largest absolute Gasteiger partial charge is 0.398 e. The molecule has 0 saturated heterocycles. The summed E-state index contributed by atoms with van der Waals surface area (Å²) in [6.45, 7) is 2.85. The monoisotopic (exact) mass is 326 g/mol. The first-order valence-corrected chi connectivity index (χ1v) is 8.95. The van der Waals surface area contributed by atoms with E-state index < -0.39 is 0 Å². The van der Waals surface area contributed by atoms with Crippen LogP contribution in [-0.4, -0.2) is 29.1 Å². The van der Waals surface area contributed by atoms with Crippen LogP contribution in [0, 0.1) is 0 Å². The van der Waals surface area contributed by atoms with Crippen molar-refractivity contribution in [3.63, 3.8) is 0 Å². The Morgan fingerprint density at radius 1 is 1.38 bits per heavy atom. The van der Waals surface area contributed by atoms with Crippen molar-refractivity contribution in [3.05, 3.63) is 23.2 Å². The minimum absolute atomic E-state index is 0.203. The second kappa shape index (κ2) is 7.95. The van der Waals surface area contributed by atoms with Crippen LogP contribution in [0.1, 0.15) is 39.0 Å². The lowest BCUT2D eigenvalue weighted by Crippen LogP contribution is -2.42. The maximum absolute atomic E-state index is 12.5. The summed E-state index contributed by atoms with van der Waals surface area (Å²) in [7, 11) is 0. The van der Waals surface area contributed by atoms with Crippen molar-refractivity contribution in [2.75, 3.05) is 18.0 Å². The molecule has 5 heteroatoms. The molecule has 1 saturated carbocycles. The highest BCUT2D eigenvalue weighted by atomic mass is 35.5. The van der Waals surface area contributed by atoms with Gasteiger partial charge in [0, 0.05) is 28.2 Å². The summed E-state index contributed by atoms with van der Waals surface area (Å²) in [4.78, 5) is 15.4. The van der Waals surface area contributed by atoms with Crippen LogP contribution in [0.5, 0.6) is 0 Å². The van der Waals surface area contributed by atoms with Gasteiger partial charge in [0.25, 0.3) is 0 Å². The number of carbonyl (C=O) groups excluding carboxylic acids is 1.